The average molecular weight is 288 g/mol. The smallest absolute Gasteiger partial charge is 0.161 e. The molecule has 1 aromatic heterocycles. The Kier molecular flexibility index (Phi) is 4.85. The van der Waals surface area contributed by atoms with Crippen molar-refractivity contribution in [3.8, 4) is 5.75 Å². The molecule has 1 atom stereocenters. The van der Waals surface area contributed by atoms with Gasteiger partial charge in [-0.2, -0.15) is 5.10 Å². The fourth-order valence-corrected chi connectivity index (χ4v) is 2.50. The number of anilines is 1. The summed E-state index contributed by atoms with van der Waals surface area (Å²) >= 11 is 0. The normalized spacial score (nSPS) is 12.2. The third-order valence-electron chi connectivity index (χ3n) is 3.67. The van der Waals surface area contributed by atoms with E-state index in [2.05, 4.69) is 46.5 Å². The lowest BCUT2D eigenvalue weighted by Crippen LogP contribution is -2.22. The summed E-state index contributed by atoms with van der Waals surface area (Å²) in [6.07, 6.45) is 1.78. The van der Waals surface area contributed by atoms with Gasteiger partial charge < -0.3 is 15.0 Å². The zero-order valence-electron chi connectivity index (χ0n) is 13.4. The van der Waals surface area contributed by atoms with Gasteiger partial charge in [0.1, 0.15) is 5.69 Å². The van der Waals surface area contributed by atoms with Crippen molar-refractivity contribution < 1.29 is 4.74 Å². The second kappa shape index (κ2) is 6.63. The molecule has 0 aliphatic carbocycles. The van der Waals surface area contributed by atoms with Gasteiger partial charge >= 0.3 is 0 Å². The molecule has 0 fully saturated rings. The number of benzene rings is 1. The Balaban J connectivity index is 2.41. The lowest BCUT2D eigenvalue weighted by atomic mass is 10.0. The fourth-order valence-electron chi connectivity index (χ4n) is 2.50. The van der Waals surface area contributed by atoms with Gasteiger partial charge in [-0.25, -0.2) is 0 Å². The minimum atomic E-state index is 0.0543. The third kappa shape index (κ3) is 3.03. The van der Waals surface area contributed by atoms with Gasteiger partial charge in [-0.1, -0.05) is 12.1 Å². The van der Waals surface area contributed by atoms with Gasteiger partial charge in [-0.05, 0) is 31.7 Å². The molecule has 0 radical (unpaired) electrons. The van der Waals surface area contributed by atoms with Gasteiger partial charge in [0.2, 0.25) is 0 Å². The summed E-state index contributed by atoms with van der Waals surface area (Å²) < 4.78 is 7.43. The molecule has 5 nitrogen and oxygen atoms in total. The van der Waals surface area contributed by atoms with Gasteiger partial charge in [-0.3, -0.25) is 4.68 Å². The maximum Gasteiger partial charge on any atom is 0.161 e. The number of aromatic nitrogens is 2. The Morgan fingerprint density at radius 1 is 1.29 bits per heavy atom. The molecule has 1 unspecified atom stereocenters. The minimum Gasteiger partial charge on any atom is -0.493 e. The number of nitrogens with one attached hydrogen (secondary N) is 1. The average Bonchev–Trinajstić information content (AvgIpc) is 2.91. The first-order valence-electron chi connectivity index (χ1n) is 7.16. The first kappa shape index (κ1) is 15.4. The van der Waals surface area contributed by atoms with E-state index in [9.17, 15) is 0 Å². The summed E-state index contributed by atoms with van der Waals surface area (Å²) in [5.41, 5.74) is 3.43. The van der Waals surface area contributed by atoms with Crippen molar-refractivity contribution in [2.24, 2.45) is 0 Å². The minimum absolute atomic E-state index is 0.0543. The molecule has 1 N–H and O–H groups in total. The van der Waals surface area contributed by atoms with E-state index in [-0.39, 0.29) is 6.04 Å². The van der Waals surface area contributed by atoms with Crippen molar-refractivity contribution in [2.75, 3.05) is 33.2 Å². The van der Waals surface area contributed by atoms with Crippen LogP contribution < -0.4 is 15.0 Å². The quantitative estimate of drug-likeness (QED) is 0.885. The number of methoxy groups -OCH3 is 1. The zero-order valence-corrected chi connectivity index (χ0v) is 13.4. The molecule has 0 saturated carbocycles. The van der Waals surface area contributed by atoms with Crippen molar-refractivity contribution in [1.29, 1.82) is 0 Å². The predicted octanol–water partition coefficient (Wildman–Crippen LogP) is 2.29. The first-order chi connectivity index (χ1) is 10.1. The maximum atomic E-state index is 5.46. The highest BCUT2D eigenvalue weighted by molar-refractivity contribution is 5.48. The van der Waals surface area contributed by atoms with Gasteiger partial charge in [0.25, 0.3) is 0 Å². The Labute approximate surface area is 126 Å². The fraction of sp³-hybridized carbons (Fsp3) is 0.438. The highest BCUT2D eigenvalue weighted by Gasteiger charge is 2.21. The largest absolute Gasteiger partial charge is 0.493 e. The van der Waals surface area contributed by atoms with Crippen LogP contribution in [0.2, 0.25) is 0 Å². The molecule has 0 aliphatic rings. The number of rotatable bonds is 6. The molecule has 0 amide bonds. The van der Waals surface area contributed by atoms with Gasteiger partial charge in [0.05, 0.1) is 19.3 Å². The topological polar surface area (TPSA) is 42.3 Å². The van der Waals surface area contributed by atoms with Crippen LogP contribution in [-0.4, -0.2) is 38.0 Å². The van der Waals surface area contributed by atoms with E-state index in [0.717, 1.165) is 18.0 Å². The van der Waals surface area contributed by atoms with Crippen LogP contribution in [0, 0.1) is 0 Å². The van der Waals surface area contributed by atoms with E-state index in [1.165, 1.54) is 11.3 Å². The maximum absolute atomic E-state index is 5.46. The highest BCUT2D eigenvalue weighted by Crippen LogP contribution is 2.30. The van der Waals surface area contributed by atoms with Gasteiger partial charge in [-0.15, -0.1) is 0 Å². The van der Waals surface area contributed by atoms with Crippen LogP contribution in [0.1, 0.15) is 24.2 Å². The highest BCUT2D eigenvalue weighted by atomic mass is 16.5. The van der Waals surface area contributed by atoms with Gasteiger partial charge in [0, 0.05) is 26.3 Å². The summed E-state index contributed by atoms with van der Waals surface area (Å²) in [6.45, 7) is 2.89. The molecular weight excluding hydrogens is 264 g/mol. The molecule has 21 heavy (non-hydrogen) atoms. The number of hydrogen-bond acceptors (Lipinski definition) is 4. The van der Waals surface area contributed by atoms with Crippen LogP contribution >= 0.6 is 0 Å². The van der Waals surface area contributed by atoms with Crippen molar-refractivity contribution in [3.63, 3.8) is 0 Å². The number of aryl methyl sites for hydroxylation is 1. The Bertz CT molecular complexity index is 553. The lowest BCUT2D eigenvalue weighted by molar-refractivity contribution is 0.401. The van der Waals surface area contributed by atoms with Crippen LogP contribution in [0.5, 0.6) is 5.75 Å². The summed E-state index contributed by atoms with van der Waals surface area (Å²) in [5, 5.41) is 7.75. The summed E-state index contributed by atoms with van der Waals surface area (Å²) in [4.78, 5) is 2.09. The number of hydrogen-bond donors (Lipinski definition) is 1. The van der Waals surface area contributed by atoms with Gasteiger partial charge in [0.15, 0.2) is 5.75 Å². The second-order valence-corrected chi connectivity index (χ2v) is 5.12. The van der Waals surface area contributed by atoms with Crippen LogP contribution in [-0.2, 0) is 6.54 Å². The lowest BCUT2D eigenvalue weighted by Gasteiger charge is -2.20. The number of ether oxygens (including phenoxy) is 1. The monoisotopic (exact) mass is 288 g/mol. The van der Waals surface area contributed by atoms with Crippen LogP contribution in [0.25, 0.3) is 0 Å². The van der Waals surface area contributed by atoms with Crippen LogP contribution in [0.3, 0.4) is 0 Å². The molecule has 2 rings (SSSR count). The molecule has 1 aromatic carbocycles. The van der Waals surface area contributed by atoms with E-state index in [1.807, 2.05) is 25.8 Å². The third-order valence-corrected chi connectivity index (χ3v) is 3.67. The summed E-state index contributed by atoms with van der Waals surface area (Å²) in [6, 6.07) is 8.59. The standard InChI is InChI=1S/C16H24N4O/c1-6-20-16(14(21-5)11-18-20)15(17-2)12-7-9-13(10-8-12)19(3)4/h7-11,15,17H,6H2,1-5H3. The Hall–Kier alpha value is -2.01. The van der Waals surface area contributed by atoms with E-state index in [1.54, 1.807) is 13.3 Å². The molecule has 2 aromatic rings. The molecule has 114 valence electrons. The Morgan fingerprint density at radius 3 is 2.43 bits per heavy atom. The van der Waals surface area contributed by atoms with E-state index in [4.69, 9.17) is 4.74 Å². The first-order valence-corrected chi connectivity index (χ1v) is 7.16. The molecular formula is C16H24N4O. The number of nitrogens with zero attached hydrogens (tertiary/aromatic N) is 3. The van der Waals surface area contributed by atoms with Crippen molar-refractivity contribution >= 4 is 5.69 Å². The van der Waals surface area contributed by atoms with Crippen molar-refractivity contribution in [1.82, 2.24) is 15.1 Å². The zero-order chi connectivity index (χ0) is 15.4. The molecule has 0 bridgehead atoms. The summed E-state index contributed by atoms with van der Waals surface area (Å²) in [5.74, 6) is 0.813. The van der Waals surface area contributed by atoms with Crippen molar-refractivity contribution in [3.05, 3.63) is 41.7 Å². The van der Waals surface area contributed by atoms with Crippen molar-refractivity contribution in [2.45, 2.75) is 19.5 Å². The summed E-state index contributed by atoms with van der Waals surface area (Å²) in [7, 11) is 7.72. The van der Waals surface area contributed by atoms with E-state index >= 15 is 0 Å². The SMILES string of the molecule is CCn1ncc(OC)c1C(NC)c1ccc(N(C)C)cc1. The van der Waals surface area contributed by atoms with Crippen LogP contribution in [0.4, 0.5) is 5.69 Å². The molecule has 0 aliphatic heterocycles. The molecule has 0 saturated heterocycles. The molecule has 1 heterocycles. The Morgan fingerprint density at radius 2 is 1.95 bits per heavy atom. The predicted molar refractivity (Wildman–Crippen MR) is 86.1 cm³/mol. The van der Waals surface area contributed by atoms with Crippen LogP contribution in [0.15, 0.2) is 30.5 Å². The van der Waals surface area contributed by atoms with E-state index in [0.29, 0.717) is 0 Å². The van der Waals surface area contributed by atoms with E-state index < -0.39 is 0 Å². The molecule has 0 spiro atoms. The second-order valence-electron chi connectivity index (χ2n) is 5.12. The molecule has 5 heteroatoms.